The summed E-state index contributed by atoms with van der Waals surface area (Å²) < 4.78 is 10.4. The molecule has 27 heavy (non-hydrogen) atoms. The van der Waals surface area contributed by atoms with Crippen LogP contribution in [-0.2, 0) is 9.53 Å². The number of halogens is 1. The zero-order chi connectivity index (χ0) is 19.2. The zero-order valence-corrected chi connectivity index (χ0v) is 16.1. The van der Waals surface area contributed by atoms with E-state index >= 15 is 0 Å². The average molecular weight is 391 g/mol. The molecule has 1 aliphatic rings. The largest absolute Gasteiger partial charge is 0.452 e. The number of nitrogens with zero attached hydrogens (tertiary/aromatic N) is 1. The second-order valence-electron chi connectivity index (χ2n) is 6.77. The molecule has 1 aromatic carbocycles. The number of rotatable bonds is 5. The predicted octanol–water partition coefficient (Wildman–Crippen LogP) is 4.30. The number of hydrogen-bond donors (Lipinski definition) is 1. The number of hydrogen-bond acceptors (Lipinski definition) is 5. The molecule has 1 heterocycles. The standard InChI is InChI=1S/C20H23ClN2O4/c1-13-18(19(23-27-13)15-10-6-7-11-16(15)21)20(25)26-12-17(24)22-14-8-4-2-3-5-9-14/h6-7,10-11,14H,2-5,8-9,12H2,1H3,(H,22,24). The highest BCUT2D eigenvalue weighted by molar-refractivity contribution is 6.33. The van der Waals surface area contributed by atoms with Gasteiger partial charge in [0.15, 0.2) is 6.61 Å². The number of aryl methyl sites for hydroxylation is 1. The Labute approximate surface area is 163 Å². The van der Waals surface area contributed by atoms with Crippen molar-refractivity contribution in [3.63, 3.8) is 0 Å². The van der Waals surface area contributed by atoms with Crippen molar-refractivity contribution in [1.82, 2.24) is 10.5 Å². The van der Waals surface area contributed by atoms with Gasteiger partial charge in [-0.15, -0.1) is 0 Å². The van der Waals surface area contributed by atoms with Crippen molar-refractivity contribution in [2.75, 3.05) is 6.61 Å². The van der Waals surface area contributed by atoms with E-state index in [4.69, 9.17) is 20.9 Å². The molecule has 6 nitrogen and oxygen atoms in total. The number of nitrogens with one attached hydrogen (secondary N) is 1. The molecule has 0 saturated heterocycles. The summed E-state index contributed by atoms with van der Waals surface area (Å²) in [6, 6.07) is 7.19. The van der Waals surface area contributed by atoms with Crippen molar-refractivity contribution in [1.29, 1.82) is 0 Å². The minimum absolute atomic E-state index is 0.162. The minimum atomic E-state index is -0.653. The second-order valence-corrected chi connectivity index (χ2v) is 7.18. The van der Waals surface area contributed by atoms with Crippen LogP contribution in [-0.4, -0.2) is 29.7 Å². The number of benzene rings is 1. The van der Waals surface area contributed by atoms with E-state index in [0.717, 1.165) is 25.7 Å². The molecule has 1 aliphatic carbocycles. The normalized spacial score (nSPS) is 15.2. The monoisotopic (exact) mass is 390 g/mol. The van der Waals surface area contributed by atoms with Crippen LogP contribution in [0.3, 0.4) is 0 Å². The highest BCUT2D eigenvalue weighted by atomic mass is 35.5. The van der Waals surface area contributed by atoms with Crippen molar-refractivity contribution in [2.45, 2.75) is 51.5 Å². The third kappa shape index (κ3) is 4.89. The van der Waals surface area contributed by atoms with Gasteiger partial charge in [0.2, 0.25) is 0 Å². The van der Waals surface area contributed by atoms with Crippen molar-refractivity contribution < 1.29 is 18.8 Å². The van der Waals surface area contributed by atoms with Gasteiger partial charge in [-0.25, -0.2) is 4.79 Å². The number of carbonyl (C=O) groups excluding carboxylic acids is 2. The molecule has 1 saturated carbocycles. The van der Waals surface area contributed by atoms with E-state index in [9.17, 15) is 9.59 Å². The van der Waals surface area contributed by atoms with Crippen LogP contribution in [0, 0.1) is 6.92 Å². The maximum Gasteiger partial charge on any atom is 0.344 e. The number of amides is 1. The molecule has 1 fully saturated rings. The Hall–Kier alpha value is -2.34. The van der Waals surface area contributed by atoms with Gasteiger partial charge in [-0.05, 0) is 25.8 Å². The Morgan fingerprint density at radius 3 is 2.63 bits per heavy atom. The van der Waals surface area contributed by atoms with Crippen LogP contribution in [0.1, 0.15) is 54.6 Å². The van der Waals surface area contributed by atoms with Gasteiger partial charge in [0.25, 0.3) is 5.91 Å². The first-order valence-electron chi connectivity index (χ1n) is 9.24. The lowest BCUT2D eigenvalue weighted by Gasteiger charge is -2.16. The number of esters is 1. The van der Waals surface area contributed by atoms with Crippen LogP contribution in [0.4, 0.5) is 0 Å². The number of carbonyl (C=O) groups is 2. The lowest BCUT2D eigenvalue weighted by molar-refractivity contribution is -0.125. The molecule has 0 radical (unpaired) electrons. The fourth-order valence-electron chi connectivity index (χ4n) is 3.35. The molecule has 0 aliphatic heterocycles. The van der Waals surface area contributed by atoms with E-state index in [0.29, 0.717) is 22.0 Å². The Kier molecular flexibility index (Phi) is 6.50. The van der Waals surface area contributed by atoms with Gasteiger partial charge in [-0.3, -0.25) is 4.79 Å². The van der Waals surface area contributed by atoms with Gasteiger partial charge >= 0.3 is 5.97 Å². The highest BCUT2D eigenvalue weighted by Crippen LogP contribution is 2.31. The van der Waals surface area contributed by atoms with E-state index in [1.807, 2.05) is 0 Å². The van der Waals surface area contributed by atoms with Crippen molar-refractivity contribution in [3.8, 4) is 11.3 Å². The first-order chi connectivity index (χ1) is 13.1. The molecule has 1 amide bonds. The fraction of sp³-hybridized carbons (Fsp3) is 0.450. The van der Waals surface area contributed by atoms with Crippen molar-refractivity contribution in [2.24, 2.45) is 0 Å². The van der Waals surface area contributed by atoms with Gasteiger partial charge in [0, 0.05) is 11.6 Å². The second kappa shape index (κ2) is 9.04. The van der Waals surface area contributed by atoms with Gasteiger partial charge in [0.1, 0.15) is 17.0 Å². The third-order valence-corrected chi connectivity index (χ3v) is 5.08. The van der Waals surface area contributed by atoms with E-state index in [-0.39, 0.29) is 24.1 Å². The van der Waals surface area contributed by atoms with Gasteiger partial charge in [0.05, 0.1) is 5.02 Å². The molecule has 1 aromatic heterocycles. The molecule has 2 aromatic rings. The van der Waals surface area contributed by atoms with Crippen molar-refractivity contribution >= 4 is 23.5 Å². The molecule has 144 valence electrons. The maximum absolute atomic E-state index is 12.5. The maximum atomic E-state index is 12.5. The summed E-state index contributed by atoms with van der Waals surface area (Å²) in [5.41, 5.74) is 1.07. The molecule has 0 bridgehead atoms. The average Bonchev–Trinajstić information content (AvgIpc) is 2.86. The smallest absolute Gasteiger partial charge is 0.344 e. The summed E-state index contributed by atoms with van der Waals surface area (Å²) in [6.45, 7) is 1.29. The molecular formula is C20H23ClN2O4. The Morgan fingerprint density at radius 1 is 1.22 bits per heavy atom. The molecular weight excluding hydrogens is 368 g/mol. The van der Waals surface area contributed by atoms with Gasteiger partial charge < -0.3 is 14.6 Å². The summed E-state index contributed by atoms with van der Waals surface area (Å²) in [6.07, 6.45) is 6.59. The topological polar surface area (TPSA) is 81.4 Å². The summed E-state index contributed by atoms with van der Waals surface area (Å²) >= 11 is 6.20. The van der Waals surface area contributed by atoms with Crippen LogP contribution in [0.2, 0.25) is 5.02 Å². The van der Waals surface area contributed by atoms with Crippen LogP contribution >= 0.6 is 11.6 Å². The van der Waals surface area contributed by atoms with Crippen molar-refractivity contribution in [3.05, 3.63) is 40.6 Å². The van der Waals surface area contributed by atoms with Gasteiger partial charge in [-0.1, -0.05) is 60.6 Å². The Balaban J connectivity index is 1.64. The summed E-state index contributed by atoms with van der Waals surface area (Å²) in [7, 11) is 0. The first kappa shape index (κ1) is 19.4. The lowest BCUT2D eigenvalue weighted by Crippen LogP contribution is -2.37. The van der Waals surface area contributed by atoms with Crippen LogP contribution in [0.25, 0.3) is 11.3 Å². The Bertz CT molecular complexity index is 810. The van der Waals surface area contributed by atoms with Crippen LogP contribution < -0.4 is 5.32 Å². The molecule has 0 spiro atoms. The fourth-order valence-corrected chi connectivity index (χ4v) is 3.57. The van der Waals surface area contributed by atoms with Gasteiger partial charge in [-0.2, -0.15) is 0 Å². The van der Waals surface area contributed by atoms with E-state index in [2.05, 4.69) is 10.5 Å². The van der Waals surface area contributed by atoms with E-state index in [1.165, 1.54) is 12.8 Å². The summed E-state index contributed by atoms with van der Waals surface area (Å²) in [4.78, 5) is 24.7. The SMILES string of the molecule is Cc1onc(-c2ccccc2Cl)c1C(=O)OCC(=O)NC1CCCCCC1. The van der Waals surface area contributed by atoms with E-state index in [1.54, 1.807) is 31.2 Å². The molecule has 0 unspecified atom stereocenters. The molecule has 1 N–H and O–H groups in total. The molecule has 7 heteroatoms. The number of aromatic nitrogens is 1. The zero-order valence-electron chi connectivity index (χ0n) is 15.3. The quantitative estimate of drug-likeness (QED) is 0.608. The number of ether oxygens (including phenoxy) is 1. The van der Waals surface area contributed by atoms with Crippen LogP contribution in [0.15, 0.2) is 28.8 Å². The lowest BCUT2D eigenvalue weighted by atomic mass is 10.1. The summed E-state index contributed by atoms with van der Waals surface area (Å²) in [5, 5.41) is 7.34. The minimum Gasteiger partial charge on any atom is -0.452 e. The third-order valence-electron chi connectivity index (χ3n) is 4.75. The molecule has 3 rings (SSSR count). The Morgan fingerprint density at radius 2 is 1.93 bits per heavy atom. The van der Waals surface area contributed by atoms with E-state index < -0.39 is 5.97 Å². The summed E-state index contributed by atoms with van der Waals surface area (Å²) in [5.74, 6) is -0.623. The first-order valence-corrected chi connectivity index (χ1v) is 9.61. The predicted molar refractivity (Wildman–Crippen MR) is 102 cm³/mol. The van der Waals surface area contributed by atoms with Crippen LogP contribution in [0.5, 0.6) is 0 Å². The molecule has 0 atom stereocenters. The highest BCUT2D eigenvalue weighted by Gasteiger charge is 2.25.